The lowest BCUT2D eigenvalue weighted by atomic mass is 10.1. The van der Waals surface area contributed by atoms with E-state index < -0.39 is 0 Å². The molecule has 0 aliphatic carbocycles. The Kier molecular flexibility index (Phi) is 6.27. The maximum absolute atomic E-state index is 12.7. The molecule has 0 saturated carbocycles. The molecule has 0 spiro atoms. The molecule has 1 saturated heterocycles. The fraction of sp³-hybridized carbons (Fsp3) is 0.304. The van der Waals surface area contributed by atoms with Gasteiger partial charge in [-0.05, 0) is 43.2 Å². The third kappa shape index (κ3) is 4.59. The van der Waals surface area contributed by atoms with Gasteiger partial charge < -0.3 is 9.64 Å². The van der Waals surface area contributed by atoms with Crippen LogP contribution in [0, 0.1) is 0 Å². The summed E-state index contributed by atoms with van der Waals surface area (Å²) in [6.07, 6.45) is 1.34. The zero-order chi connectivity index (χ0) is 21.8. The average molecular weight is 437 g/mol. The van der Waals surface area contributed by atoms with Crippen LogP contribution in [-0.4, -0.2) is 35.2 Å². The van der Waals surface area contributed by atoms with Crippen molar-refractivity contribution in [1.29, 1.82) is 0 Å². The lowest BCUT2D eigenvalue weighted by Crippen LogP contribution is -2.24. The number of rotatable bonds is 7. The van der Waals surface area contributed by atoms with Gasteiger partial charge in [0.1, 0.15) is 10.8 Å². The molecule has 160 valence electrons. The number of carbonyl (C=O) groups is 2. The van der Waals surface area contributed by atoms with Gasteiger partial charge in [0.05, 0.1) is 12.2 Å². The third-order valence-electron chi connectivity index (χ3n) is 5.22. The monoisotopic (exact) mass is 436 g/mol. The number of carbonyl (C=O) groups excluding carboxylic acids is 2. The maximum Gasteiger partial charge on any atom is 0.261 e. The first-order chi connectivity index (χ1) is 15.1. The summed E-state index contributed by atoms with van der Waals surface area (Å²) in [5, 5.41) is 12.3. The number of para-hydroxylation sites is 1. The number of aryl methyl sites for hydroxylation is 1. The van der Waals surface area contributed by atoms with Crippen molar-refractivity contribution >= 4 is 34.0 Å². The Bertz CT molecular complexity index is 1080. The van der Waals surface area contributed by atoms with Crippen molar-refractivity contribution in [3.8, 4) is 5.75 Å². The van der Waals surface area contributed by atoms with E-state index in [2.05, 4.69) is 34.6 Å². The molecule has 2 amide bonds. The molecule has 2 aromatic carbocycles. The van der Waals surface area contributed by atoms with Crippen molar-refractivity contribution in [1.82, 2.24) is 10.2 Å². The molecule has 31 heavy (non-hydrogen) atoms. The largest absolute Gasteiger partial charge is 0.493 e. The number of nitrogens with one attached hydrogen (secondary N) is 1. The summed E-state index contributed by atoms with van der Waals surface area (Å²) in [4.78, 5) is 27.0. The van der Waals surface area contributed by atoms with Crippen LogP contribution in [0.1, 0.15) is 47.1 Å². The number of anilines is 2. The lowest BCUT2D eigenvalue weighted by Gasteiger charge is -2.16. The van der Waals surface area contributed by atoms with Gasteiger partial charge in [0.15, 0.2) is 0 Å². The van der Waals surface area contributed by atoms with E-state index in [9.17, 15) is 9.59 Å². The Morgan fingerprint density at radius 3 is 2.68 bits per heavy atom. The Hall–Kier alpha value is -3.26. The van der Waals surface area contributed by atoms with Crippen LogP contribution in [-0.2, 0) is 11.2 Å². The predicted octanol–water partition coefficient (Wildman–Crippen LogP) is 4.27. The molecular formula is C23H24N4O3S. The number of nitrogens with zero attached hydrogens (tertiary/aromatic N) is 3. The third-order valence-corrected chi connectivity index (χ3v) is 6.22. The lowest BCUT2D eigenvalue weighted by molar-refractivity contribution is -0.117. The summed E-state index contributed by atoms with van der Waals surface area (Å²) in [5.74, 6) is 0.253. The molecule has 4 rings (SSSR count). The molecular weight excluding hydrogens is 412 g/mol. The highest BCUT2D eigenvalue weighted by molar-refractivity contribution is 7.15. The summed E-state index contributed by atoms with van der Waals surface area (Å²) in [6, 6.07) is 15.2. The summed E-state index contributed by atoms with van der Waals surface area (Å²) < 4.78 is 5.53. The number of ether oxygens (including phenoxy) is 1. The molecule has 1 N–H and O–H groups in total. The molecule has 3 aromatic rings. The van der Waals surface area contributed by atoms with Crippen LogP contribution in [0.4, 0.5) is 10.8 Å². The minimum Gasteiger partial charge on any atom is -0.493 e. The zero-order valence-electron chi connectivity index (χ0n) is 17.5. The van der Waals surface area contributed by atoms with Gasteiger partial charge in [0.25, 0.3) is 5.91 Å². The van der Waals surface area contributed by atoms with Crippen LogP contribution in [0.3, 0.4) is 0 Å². The van der Waals surface area contributed by atoms with Gasteiger partial charge in [-0.15, -0.1) is 10.2 Å². The summed E-state index contributed by atoms with van der Waals surface area (Å²) >= 11 is 1.30. The van der Waals surface area contributed by atoms with E-state index in [1.165, 1.54) is 16.9 Å². The highest BCUT2D eigenvalue weighted by Crippen LogP contribution is 2.34. The number of aromatic nitrogens is 2. The smallest absolute Gasteiger partial charge is 0.261 e. The molecule has 8 heteroatoms. The van der Waals surface area contributed by atoms with Crippen molar-refractivity contribution < 1.29 is 14.3 Å². The van der Waals surface area contributed by atoms with E-state index in [0.29, 0.717) is 36.0 Å². The highest BCUT2D eigenvalue weighted by Gasteiger charge is 2.34. The van der Waals surface area contributed by atoms with E-state index in [0.717, 1.165) is 17.1 Å². The molecule has 0 radical (unpaired) electrons. The van der Waals surface area contributed by atoms with Gasteiger partial charge in [-0.1, -0.05) is 42.5 Å². The van der Waals surface area contributed by atoms with Crippen molar-refractivity contribution in [2.75, 3.05) is 23.4 Å². The van der Waals surface area contributed by atoms with Gasteiger partial charge >= 0.3 is 0 Å². The molecule has 2 heterocycles. The minimum atomic E-state index is -0.299. The van der Waals surface area contributed by atoms with E-state index >= 15 is 0 Å². The molecule has 0 bridgehead atoms. The van der Waals surface area contributed by atoms with Crippen LogP contribution < -0.4 is 15.0 Å². The Balaban J connectivity index is 1.44. The van der Waals surface area contributed by atoms with Crippen molar-refractivity contribution in [2.24, 2.45) is 0 Å². The topological polar surface area (TPSA) is 84.4 Å². The summed E-state index contributed by atoms with van der Waals surface area (Å²) in [7, 11) is 0. The fourth-order valence-electron chi connectivity index (χ4n) is 3.58. The molecule has 1 aliphatic heterocycles. The predicted molar refractivity (Wildman–Crippen MR) is 121 cm³/mol. The van der Waals surface area contributed by atoms with Crippen LogP contribution in [0.2, 0.25) is 0 Å². The van der Waals surface area contributed by atoms with E-state index in [4.69, 9.17) is 4.74 Å². The number of benzene rings is 2. The fourth-order valence-corrected chi connectivity index (χ4v) is 4.41. The average Bonchev–Trinajstić information content (AvgIpc) is 3.41. The SMILES string of the molecule is CCOc1ccccc1C(=O)Nc1nnc(C2CC(=O)N(c3ccc(CC)cc3)C2)s1. The molecule has 1 aromatic heterocycles. The Morgan fingerprint density at radius 1 is 1.16 bits per heavy atom. The number of hydrogen-bond acceptors (Lipinski definition) is 6. The van der Waals surface area contributed by atoms with E-state index in [-0.39, 0.29) is 17.7 Å². The summed E-state index contributed by atoms with van der Waals surface area (Å²) in [6.45, 7) is 5.00. The van der Waals surface area contributed by atoms with Crippen LogP contribution >= 0.6 is 11.3 Å². The molecule has 1 fully saturated rings. The minimum absolute atomic E-state index is 0.0442. The molecule has 1 atom stereocenters. The standard InChI is InChI=1S/C23H24N4O3S/c1-3-15-9-11-17(12-10-15)27-14-16(13-20(27)28)22-25-26-23(31-22)24-21(29)18-7-5-6-8-19(18)30-4-2/h5-12,16H,3-4,13-14H2,1-2H3,(H,24,26,29). The second-order valence-corrected chi connectivity index (χ2v) is 8.26. The van der Waals surface area contributed by atoms with Gasteiger partial charge in [0, 0.05) is 24.6 Å². The first-order valence-corrected chi connectivity index (χ1v) is 11.2. The normalized spacial score (nSPS) is 15.9. The van der Waals surface area contributed by atoms with E-state index in [1.54, 1.807) is 23.1 Å². The van der Waals surface area contributed by atoms with Gasteiger partial charge in [-0.3, -0.25) is 14.9 Å². The summed E-state index contributed by atoms with van der Waals surface area (Å²) in [5.41, 5.74) is 2.58. The Labute approximate surface area is 185 Å². The second kappa shape index (κ2) is 9.26. The quantitative estimate of drug-likeness (QED) is 0.598. The van der Waals surface area contributed by atoms with Crippen LogP contribution in [0.25, 0.3) is 0 Å². The van der Waals surface area contributed by atoms with E-state index in [1.807, 2.05) is 25.1 Å². The second-order valence-electron chi connectivity index (χ2n) is 7.25. The van der Waals surface area contributed by atoms with Crippen LogP contribution in [0.5, 0.6) is 5.75 Å². The molecule has 1 unspecified atom stereocenters. The van der Waals surface area contributed by atoms with Gasteiger partial charge in [-0.25, -0.2) is 0 Å². The first-order valence-electron chi connectivity index (χ1n) is 10.3. The number of hydrogen-bond donors (Lipinski definition) is 1. The first kappa shape index (κ1) is 21.0. The van der Waals surface area contributed by atoms with Gasteiger partial charge in [-0.2, -0.15) is 0 Å². The Morgan fingerprint density at radius 2 is 1.94 bits per heavy atom. The molecule has 7 nitrogen and oxygen atoms in total. The van der Waals surface area contributed by atoms with Crippen molar-refractivity contribution in [2.45, 2.75) is 32.6 Å². The van der Waals surface area contributed by atoms with Crippen molar-refractivity contribution in [3.05, 3.63) is 64.7 Å². The number of amides is 2. The maximum atomic E-state index is 12.7. The van der Waals surface area contributed by atoms with Crippen LogP contribution in [0.15, 0.2) is 48.5 Å². The van der Waals surface area contributed by atoms with Gasteiger partial charge in [0.2, 0.25) is 11.0 Å². The highest BCUT2D eigenvalue weighted by atomic mass is 32.1. The molecule has 1 aliphatic rings. The van der Waals surface area contributed by atoms with Crippen molar-refractivity contribution in [3.63, 3.8) is 0 Å². The zero-order valence-corrected chi connectivity index (χ0v) is 18.3.